The lowest BCUT2D eigenvalue weighted by Crippen LogP contribution is -2.49. The van der Waals surface area contributed by atoms with Crippen LogP contribution in [-0.4, -0.2) is 56.3 Å². The molecule has 0 bridgehead atoms. The molecule has 1 heterocycles. The fourth-order valence-corrected chi connectivity index (χ4v) is 4.82. The average Bonchev–Trinajstić information content (AvgIpc) is 2.74. The number of para-hydroxylation sites is 1. The van der Waals surface area contributed by atoms with E-state index in [-0.39, 0.29) is 18.0 Å². The van der Waals surface area contributed by atoms with Crippen molar-refractivity contribution in [3.8, 4) is 0 Å². The molecule has 0 spiro atoms. The number of halogens is 1. The van der Waals surface area contributed by atoms with Crippen LogP contribution >= 0.6 is 0 Å². The van der Waals surface area contributed by atoms with Crippen LogP contribution in [0.4, 0.5) is 10.1 Å². The minimum atomic E-state index is -3.52. The first-order valence-electron chi connectivity index (χ1n) is 10.1. The number of nitrogens with zero attached hydrogens (tertiary/aromatic N) is 2. The van der Waals surface area contributed by atoms with Crippen LogP contribution in [-0.2, 0) is 14.8 Å². The van der Waals surface area contributed by atoms with Gasteiger partial charge in [0.2, 0.25) is 15.9 Å². The largest absolute Gasteiger partial charge is 0.324 e. The van der Waals surface area contributed by atoms with Crippen LogP contribution in [0.5, 0.6) is 0 Å². The summed E-state index contributed by atoms with van der Waals surface area (Å²) < 4.78 is 40.9. The van der Waals surface area contributed by atoms with E-state index in [4.69, 9.17) is 0 Å². The molecule has 30 heavy (non-hydrogen) atoms. The standard InChI is InChI=1S/C22H28FN3O3S/c1-17(2)18-7-9-19(10-8-18)30(28,29)26-15-13-25(14-16-26)12-11-22(27)24-21-6-4-3-5-20(21)23/h3-10,17H,11-16H2,1-2H3,(H,24,27). The number of carbonyl (C=O) groups is 1. The summed E-state index contributed by atoms with van der Waals surface area (Å²) in [5, 5.41) is 2.57. The molecule has 162 valence electrons. The SMILES string of the molecule is CC(C)c1ccc(S(=O)(=O)N2CCN(CCC(=O)Nc3ccccc3F)CC2)cc1. The number of benzene rings is 2. The van der Waals surface area contributed by atoms with Crippen molar-refractivity contribution in [2.24, 2.45) is 0 Å². The lowest BCUT2D eigenvalue weighted by molar-refractivity contribution is -0.116. The van der Waals surface area contributed by atoms with E-state index < -0.39 is 15.8 Å². The van der Waals surface area contributed by atoms with Crippen molar-refractivity contribution in [3.05, 3.63) is 59.9 Å². The molecule has 1 aliphatic heterocycles. The van der Waals surface area contributed by atoms with E-state index in [1.54, 1.807) is 24.3 Å². The molecule has 1 N–H and O–H groups in total. The highest BCUT2D eigenvalue weighted by Crippen LogP contribution is 2.21. The Hall–Kier alpha value is -2.29. The van der Waals surface area contributed by atoms with Crippen molar-refractivity contribution in [1.29, 1.82) is 0 Å². The molecule has 0 atom stereocenters. The Labute approximate surface area is 177 Å². The number of piperazine rings is 1. The average molecular weight is 434 g/mol. The predicted octanol–water partition coefficient (Wildman–Crippen LogP) is 3.28. The van der Waals surface area contributed by atoms with Crippen molar-refractivity contribution in [3.63, 3.8) is 0 Å². The van der Waals surface area contributed by atoms with Crippen molar-refractivity contribution >= 4 is 21.6 Å². The highest BCUT2D eigenvalue weighted by Gasteiger charge is 2.28. The summed E-state index contributed by atoms with van der Waals surface area (Å²) in [4.78, 5) is 14.4. The van der Waals surface area contributed by atoms with Gasteiger partial charge in [0, 0.05) is 39.1 Å². The third-order valence-electron chi connectivity index (χ3n) is 5.32. The molecule has 3 rings (SSSR count). The molecule has 2 aromatic carbocycles. The maximum atomic E-state index is 13.6. The highest BCUT2D eigenvalue weighted by atomic mass is 32.2. The van der Waals surface area contributed by atoms with Gasteiger partial charge in [-0.25, -0.2) is 12.8 Å². The summed E-state index contributed by atoms with van der Waals surface area (Å²) in [5.41, 5.74) is 1.27. The van der Waals surface area contributed by atoms with E-state index in [1.165, 1.54) is 16.4 Å². The molecular weight excluding hydrogens is 405 g/mol. The van der Waals surface area contributed by atoms with E-state index in [0.717, 1.165) is 5.56 Å². The third kappa shape index (κ3) is 5.44. The molecular formula is C22H28FN3O3S. The van der Waals surface area contributed by atoms with E-state index >= 15 is 0 Å². The van der Waals surface area contributed by atoms with Gasteiger partial charge >= 0.3 is 0 Å². The summed E-state index contributed by atoms with van der Waals surface area (Å²) in [7, 11) is -3.52. The molecule has 0 saturated carbocycles. The minimum Gasteiger partial charge on any atom is -0.324 e. The van der Waals surface area contributed by atoms with Gasteiger partial charge < -0.3 is 10.2 Å². The fraction of sp³-hybridized carbons (Fsp3) is 0.409. The first-order valence-corrected chi connectivity index (χ1v) is 11.6. The second-order valence-electron chi connectivity index (χ2n) is 7.75. The summed E-state index contributed by atoms with van der Waals surface area (Å²) in [5.74, 6) is -0.382. The number of nitrogens with one attached hydrogen (secondary N) is 1. The number of anilines is 1. The van der Waals surface area contributed by atoms with E-state index in [2.05, 4.69) is 24.1 Å². The first kappa shape index (κ1) is 22.4. The van der Waals surface area contributed by atoms with Gasteiger partial charge in [-0.1, -0.05) is 38.1 Å². The molecule has 1 amide bonds. The second kappa shape index (κ2) is 9.68. The number of sulfonamides is 1. The second-order valence-corrected chi connectivity index (χ2v) is 9.69. The summed E-state index contributed by atoms with van der Waals surface area (Å²) in [6.07, 6.45) is 0.220. The Morgan fingerprint density at radius 1 is 1.03 bits per heavy atom. The zero-order valence-corrected chi connectivity index (χ0v) is 18.2. The zero-order chi connectivity index (χ0) is 21.7. The third-order valence-corrected chi connectivity index (χ3v) is 7.23. The highest BCUT2D eigenvalue weighted by molar-refractivity contribution is 7.89. The van der Waals surface area contributed by atoms with Crippen LogP contribution in [0.15, 0.2) is 53.4 Å². The number of carbonyl (C=O) groups excluding carboxylic acids is 1. The normalized spacial score (nSPS) is 16.0. The molecule has 2 aromatic rings. The number of hydrogen-bond acceptors (Lipinski definition) is 4. The van der Waals surface area contributed by atoms with Gasteiger partial charge in [0.15, 0.2) is 0 Å². The molecule has 0 unspecified atom stereocenters. The quantitative estimate of drug-likeness (QED) is 0.728. The molecule has 0 radical (unpaired) electrons. The van der Waals surface area contributed by atoms with E-state index in [0.29, 0.717) is 43.5 Å². The van der Waals surface area contributed by atoms with E-state index in [9.17, 15) is 17.6 Å². The Balaban J connectivity index is 1.49. The van der Waals surface area contributed by atoms with E-state index in [1.807, 2.05) is 12.1 Å². The molecule has 0 aromatic heterocycles. The van der Waals surface area contributed by atoms with Crippen LogP contribution in [0.1, 0.15) is 31.7 Å². The first-order chi connectivity index (χ1) is 14.3. The molecule has 6 nitrogen and oxygen atoms in total. The van der Waals surface area contributed by atoms with Gasteiger partial charge in [-0.3, -0.25) is 4.79 Å². The van der Waals surface area contributed by atoms with Crippen LogP contribution in [0, 0.1) is 5.82 Å². The molecule has 8 heteroatoms. The van der Waals surface area contributed by atoms with Gasteiger partial charge in [-0.2, -0.15) is 4.31 Å². The van der Waals surface area contributed by atoms with Crippen molar-refractivity contribution in [1.82, 2.24) is 9.21 Å². The number of amides is 1. The lowest BCUT2D eigenvalue weighted by atomic mass is 10.0. The Morgan fingerprint density at radius 3 is 2.27 bits per heavy atom. The minimum absolute atomic E-state index is 0.168. The Bertz CT molecular complexity index is 969. The van der Waals surface area contributed by atoms with Gasteiger partial charge in [0.25, 0.3) is 0 Å². The lowest BCUT2D eigenvalue weighted by Gasteiger charge is -2.33. The Morgan fingerprint density at radius 2 is 1.67 bits per heavy atom. The monoisotopic (exact) mass is 433 g/mol. The zero-order valence-electron chi connectivity index (χ0n) is 17.3. The summed E-state index contributed by atoms with van der Waals surface area (Å²) >= 11 is 0. The van der Waals surface area contributed by atoms with Gasteiger partial charge in [0.1, 0.15) is 5.82 Å². The maximum absolute atomic E-state index is 13.6. The van der Waals surface area contributed by atoms with Gasteiger partial charge in [-0.05, 0) is 35.7 Å². The summed E-state index contributed by atoms with van der Waals surface area (Å²) in [6, 6.07) is 13.1. The molecule has 1 saturated heterocycles. The van der Waals surface area contributed by atoms with Crippen LogP contribution < -0.4 is 5.32 Å². The molecule has 1 fully saturated rings. The van der Waals surface area contributed by atoms with Crippen molar-refractivity contribution < 1.29 is 17.6 Å². The van der Waals surface area contributed by atoms with Gasteiger partial charge in [-0.15, -0.1) is 0 Å². The predicted molar refractivity (Wildman–Crippen MR) is 115 cm³/mol. The smallest absolute Gasteiger partial charge is 0.243 e. The van der Waals surface area contributed by atoms with Crippen LogP contribution in [0.3, 0.4) is 0 Å². The Kier molecular flexibility index (Phi) is 7.23. The topological polar surface area (TPSA) is 69.7 Å². The van der Waals surface area contributed by atoms with Crippen molar-refractivity contribution in [2.75, 3.05) is 38.0 Å². The van der Waals surface area contributed by atoms with Gasteiger partial charge in [0.05, 0.1) is 10.6 Å². The molecule has 1 aliphatic rings. The molecule has 0 aliphatic carbocycles. The number of rotatable bonds is 7. The maximum Gasteiger partial charge on any atom is 0.243 e. The fourth-order valence-electron chi connectivity index (χ4n) is 3.40. The number of hydrogen-bond donors (Lipinski definition) is 1. The summed E-state index contributed by atoms with van der Waals surface area (Å²) in [6.45, 7) is 6.49. The van der Waals surface area contributed by atoms with Crippen molar-refractivity contribution in [2.45, 2.75) is 31.1 Å². The van der Waals surface area contributed by atoms with Crippen LogP contribution in [0.25, 0.3) is 0 Å². The van der Waals surface area contributed by atoms with Crippen LogP contribution in [0.2, 0.25) is 0 Å².